The van der Waals surface area contributed by atoms with E-state index in [2.05, 4.69) is 0 Å². The van der Waals surface area contributed by atoms with Crippen LogP contribution in [0.4, 0.5) is 0 Å². The Morgan fingerprint density at radius 3 is 2.71 bits per heavy atom. The maximum atomic E-state index is 11.1. The molecular formula is C13H19NO3. The second-order valence-corrected chi connectivity index (χ2v) is 4.10. The molecule has 1 unspecified atom stereocenters. The van der Waals surface area contributed by atoms with Gasteiger partial charge in [0, 0.05) is 0 Å². The third kappa shape index (κ3) is 4.07. The van der Waals surface area contributed by atoms with Gasteiger partial charge in [-0.05, 0) is 45.1 Å². The van der Waals surface area contributed by atoms with Crippen molar-refractivity contribution in [2.75, 3.05) is 20.7 Å². The Morgan fingerprint density at radius 2 is 2.18 bits per heavy atom. The number of carbonyl (C=O) groups is 1. The zero-order valence-electron chi connectivity index (χ0n) is 10.5. The molecule has 0 aromatic heterocycles. The molecule has 0 aliphatic heterocycles. The molecule has 0 spiro atoms. The van der Waals surface area contributed by atoms with Crippen LogP contribution in [0.5, 0.6) is 5.75 Å². The Kier molecular flexibility index (Phi) is 4.97. The normalized spacial score (nSPS) is 12.5. The molecule has 0 aliphatic carbocycles. The fourth-order valence-electron chi connectivity index (χ4n) is 1.64. The molecule has 1 rings (SSSR count). The van der Waals surface area contributed by atoms with Crippen molar-refractivity contribution in [2.24, 2.45) is 0 Å². The summed E-state index contributed by atoms with van der Waals surface area (Å²) in [7, 11) is 3.54. The van der Waals surface area contributed by atoms with Gasteiger partial charge in [0.2, 0.25) is 0 Å². The van der Waals surface area contributed by atoms with Gasteiger partial charge in [-0.1, -0.05) is 12.1 Å². The van der Waals surface area contributed by atoms with Crippen LogP contribution in [-0.2, 0) is 11.2 Å². The molecule has 0 saturated carbocycles. The standard InChI is InChI=1S/C13H19NO3/c1-4-17-11-7-5-6-10(8-11)9-12(13(15)16)14(2)3/h5-8,12H,4,9H2,1-3H3,(H,15,16). The number of carboxylic acid groups (broad SMARTS) is 1. The molecule has 1 aromatic carbocycles. The van der Waals surface area contributed by atoms with Crippen LogP contribution in [0.3, 0.4) is 0 Å². The van der Waals surface area contributed by atoms with Crippen molar-refractivity contribution in [3.8, 4) is 5.75 Å². The quantitative estimate of drug-likeness (QED) is 0.817. The minimum absolute atomic E-state index is 0.475. The van der Waals surface area contributed by atoms with E-state index in [1.54, 1.807) is 19.0 Å². The highest BCUT2D eigenvalue weighted by Crippen LogP contribution is 2.15. The molecule has 0 saturated heterocycles. The van der Waals surface area contributed by atoms with Crippen LogP contribution in [-0.4, -0.2) is 42.7 Å². The number of carboxylic acids is 1. The third-order valence-corrected chi connectivity index (χ3v) is 2.55. The van der Waals surface area contributed by atoms with Crippen LogP contribution in [0.15, 0.2) is 24.3 Å². The van der Waals surface area contributed by atoms with Gasteiger partial charge in [0.05, 0.1) is 6.61 Å². The Bertz CT molecular complexity index is 377. The van der Waals surface area contributed by atoms with Gasteiger partial charge in [-0.3, -0.25) is 9.69 Å². The molecule has 0 radical (unpaired) electrons. The highest BCUT2D eigenvalue weighted by molar-refractivity contribution is 5.73. The maximum absolute atomic E-state index is 11.1. The minimum Gasteiger partial charge on any atom is -0.494 e. The predicted molar refractivity (Wildman–Crippen MR) is 66.4 cm³/mol. The zero-order valence-corrected chi connectivity index (χ0v) is 10.5. The number of likely N-dealkylation sites (N-methyl/N-ethyl adjacent to an activating group) is 1. The number of ether oxygens (including phenoxy) is 1. The SMILES string of the molecule is CCOc1cccc(CC(C(=O)O)N(C)C)c1. The van der Waals surface area contributed by atoms with Crippen molar-refractivity contribution in [1.29, 1.82) is 0 Å². The lowest BCUT2D eigenvalue weighted by atomic mass is 10.1. The molecule has 4 nitrogen and oxygen atoms in total. The van der Waals surface area contributed by atoms with E-state index in [-0.39, 0.29) is 0 Å². The zero-order chi connectivity index (χ0) is 12.8. The second kappa shape index (κ2) is 6.25. The van der Waals surface area contributed by atoms with Crippen LogP contribution in [0.2, 0.25) is 0 Å². The fraction of sp³-hybridized carbons (Fsp3) is 0.462. The summed E-state index contributed by atoms with van der Waals surface area (Å²) in [6.07, 6.45) is 0.475. The summed E-state index contributed by atoms with van der Waals surface area (Å²) in [4.78, 5) is 12.8. The van der Waals surface area contributed by atoms with E-state index >= 15 is 0 Å². The average molecular weight is 237 g/mol. The van der Waals surface area contributed by atoms with E-state index in [4.69, 9.17) is 9.84 Å². The van der Waals surface area contributed by atoms with Crippen LogP contribution in [0.1, 0.15) is 12.5 Å². The average Bonchev–Trinajstić information content (AvgIpc) is 2.26. The number of rotatable bonds is 6. The van der Waals surface area contributed by atoms with Crippen molar-refractivity contribution in [3.63, 3.8) is 0 Å². The molecule has 1 N–H and O–H groups in total. The van der Waals surface area contributed by atoms with Crippen molar-refractivity contribution >= 4 is 5.97 Å². The molecule has 1 aromatic rings. The largest absolute Gasteiger partial charge is 0.494 e. The lowest BCUT2D eigenvalue weighted by molar-refractivity contribution is -0.142. The third-order valence-electron chi connectivity index (χ3n) is 2.55. The summed E-state index contributed by atoms with van der Waals surface area (Å²) in [6, 6.07) is 7.06. The Balaban J connectivity index is 2.78. The minimum atomic E-state index is -0.809. The van der Waals surface area contributed by atoms with E-state index in [0.29, 0.717) is 13.0 Å². The first-order valence-electron chi connectivity index (χ1n) is 5.65. The van der Waals surface area contributed by atoms with Gasteiger partial charge in [0.15, 0.2) is 0 Å². The summed E-state index contributed by atoms with van der Waals surface area (Å²) in [5, 5.41) is 9.10. The molecule has 0 fully saturated rings. The van der Waals surface area contributed by atoms with Crippen molar-refractivity contribution in [1.82, 2.24) is 4.90 Å². The van der Waals surface area contributed by atoms with Crippen LogP contribution in [0, 0.1) is 0 Å². The summed E-state index contributed by atoms with van der Waals surface area (Å²) in [5.41, 5.74) is 0.969. The van der Waals surface area contributed by atoms with E-state index < -0.39 is 12.0 Å². The van der Waals surface area contributed by atoms with Crippen LogP contribution < -0.4 is 4.74 Å². The van der Waals surface area contributed by atoms with E-state index in [1.165, 1.54) is 0 Å². The topological polar surface area (TPSA) is 49.8 Å². The summed E-state index contributed by atoms with van der Waals surface area (Å²) >= 11 is 0. The molecule has 0 amide bonds. The van der Waals surface area contributed by atoms with Gasteiger partial charge in [0.25, 0.3) is 0 Å². The first-order chi connectivity index (χ1) is 8.04. The van der Waals surface area contributed by atoms with Gasteiger partial charge < -0.3 is 9.84 Å². The van der Waals surface area contributed by atoms with Gasteiger partial charge in [-0.15, -0.1) is 0 Å². The Labute approximate surface area is 102 Å². The maximum Gasteiger partial charge on any atom is 0.321 e. The molecule has 17 heavy (non-hydrogen) atoms. The highest BCUT2D eigenvalue weighted by Gasteiger charge is 2.20. The molecule has 0 bridgehead atoms. The number of nitrogens with zero attached hydrogens (tertiary/aromatic N) is 1. The van der Waals surface area contributed by atoms with Crippen LogP contribution >= 0.6 is 0 Å². The van der Waals surface area contributed by atoms with E-state index in [0.717, 1.165) is 11.3 Å². The molecular weight excluding hydrogens is 218 g/mol. The number of hydrogen-bond donors (Lipinski definition) is 1. The molecule has 4 heteroatoms. The van der Waals surface area contributed by atoms with Crippen LogP contribution in [0.25, 0.3) is 0 Å². The fourth-order valence-corrected chi connectivity index (χ4v) is 1.64. The van der Waals surface area contributed by atoms with E-state index in [1.807, 2.05) is 31.2 Å². The molecule has 0 heterocycles. The van der Waals surface area contributed by atoms with Gasteiger partial charge >= 0.3 is 5.97 Å². The highest BCUT2D eigenvalue weighted by atomic mass is 16.5. The van der Waals surface area contributed by atoms with Crippen molar-refractivity contribution in [2.45, 2.75) is 19.4 Å². The van der Waals surface area contributed by atoms with Crippen molar-refractivity contribution < 1.29 is 14.6 Å². The summed E-state index contributed by atoms with van der Waals surface area (Å²) in [6.45, 7) is 2.53. The Morgan fingerprint density at radius 1 is 1.47 bits per heavy atom. The molecule has 1 atom stereocenters. The van der Waals surface area contributed by atoms with Crippen molar-refractivity contribution in [3.05, 3.63) is 29.8 Å². The van der Waals surface area contributed by atoms with Gasteiger partial charge in [0.1, 0.15) is 11.8 Å². The number of aliphatic carboxylic acids is 1. The molecule has 0 aliphatic rings. The predicted octanol–water partition coefficient (Wildman–Crippen LogP) is 1.64. The summed E-state index contributed by atoms with van der Waals surface area (Å²) < 4.78 is 5.39. The lowest BCUT2D eigenvalue weighted by Gasteiger charge is -2.20. The lowest BCUT2D eigenvalue weighted by Crippen LogP contribution is -2.37. The van der Waals surface area contributed by atoms with Gasteiger partial charge in [-0.2, -0.15) is 0 Å². The second-order valence-electron chi connectivity index (χ2n) is 4.10. The number of hydrogen-bond acceptors (Lipinski definition) is 3. The number of benzene rings is 1. The first kappa shape index (κ1) is 13.5. The van der Waals surface area contributed by atoms with E-state index in [9.17, 15) is 4.79 Å². The van der Waals surface area contributed by atoms with Gasteiger partial charge in [-0.25, -0.2) is 0 Å². The molecule has 94 valence electrons. The Hall–Kier alpha value is -1.55. The first-order valence-corrected chi connectivity index (χ1v) is 5.65. The monoisotopic (exact) mass is 237 g/mol. The summed E-state index contributed by atoms with van der Waals surface area (Å²) in [5.74, 6) is -0.0234. The smallest absolute Gasteiger partial charge is 0.321 e.